The summed E-state index contributed by atoms with van der Waals surface area (Å²) in [6.45, 7) is 13.6. The van der Waals surface area contributed by atoms with Gasteiger partial charge in [-0.2, -0.15) is 9.61 Å². The highest BCUT2D eigenvalue weighted by Gasteiger charge is 2.36. The van der Waals surface area contributed by atoms with Gasteiger partial charge in [-0.05, 0) is 57.1 Å². The average Bonchev–Trinajstić information content (AvgIpc) is 3.49. The normalized spacial score (nSPS) is 16.5. The molecule has 4 heterocycles. The summed E-state index contributed by atoms with van der Waals surface area (Å²) >= 11 is 0. The fraction of sp³-hybridized carbons (Fsp3) is 0.467. The molecule has 9 nitrogen and oxygen atoms in total. The van der Waals surface area contributed by atoms with Crippen LogP contribution in [0.3, 0.4) is 0 Å². The second-order valence-corrected chi connectivity index (χ2v) is 12.3. The quantitative estimate of drug-likeness (QED) is 0.342. The molecule has 1 atom stereocenters. The lowest BCUT2D eigenvalue weighted by atomic mass is 9.82. The molecular formula is C30H38N6O3. The van der Waals surface area contributed by atoms with Crippen molar-refractivity contribution in [3.63, 3.8) is 0 Å². The van der Waals surface area contributed by atoms with Gasteiger partial charge in [0.2, 0.25) is 0 Å². The molecular weight excluding hydrogens is 492 g/mol. The summed E-state index contributed by atoms with van der Waals surface area (Å²) in [5.74, 6) is 0.311. The van der Waals surface area contributed by atoms with Crippen molar-refractivity contribution in [2.75, 3.05) is 18.0 Å². The highest BCUT2D eigenvalue weighted by molar-refractivity contribution is 5.78. The van der Waals surface area contributed by atoms with Crippen molar-refractivity contribution in [2.45, 2.75) is 72.5 Å². The summed E-state index contributed by atoms with van der Waals surface area (Å²) in [6.07, 6.45) is 5.41. The molecule has 1 saturated heterocycles. The Hall–Kier alpha value is -3.72. The van der Waals surface area contributed by atoms with E-state index < -0.39 is 17.7 Å². The van der Waals surface area contributed by atoms with Crippen LogP contribution < -0.4 is 4.90 Å². The van der Waals surface area contributed by atoms with Gasteiger partial charge >= 0.3 is 5.97 Å². The lowest BCUT2D eigenvalue weighted by molar-refractivity contribution is -0.160. The van der Waals surface area contributed by atoms with Gasteiger partial charge < -0.3 is 14.7 Å². The van der Waals surface area contributed by atoms with Gasteiger partial charge in [-0.15, -0.1) is 5.10 Å². The first-order valence-corrected chi connectivity index (χ1v) is 13.5. The smallest absolute Gasteiger partial charge is 0.337 e. The number of aromatic nitrogens is 5. The Morgan fingerprint density at radius 2 is 1.82 bits per heavy atom. The Bertz CT molecular complexity index is 1470. The van der Waals surface area contributed by atoms with Crippen molar-refractivity contribution in [2.24, 2.45) is 5.41 Å². The van der Waals surface area contributed by atoms with Crippen LogP contribution in [0.4, 0.5) is 5.82 Å². The number of hydrogen-bond acceptors (Lipinski definition) is 6. The SMILES string of the molecule is Cc1nc2cc(-n3cc(Cc4ccccc4)cn3)nn2c(N2CCC(C)(C)CC2)c1[C@H](OC(C)(C)C)C(=O)O. The summed E-state index contributed by atoms with van der Waals surface area (Å²) in [5, 5.41) is 19.8. The van der Waals surface area contributed by atoms with Crippen molar-refractivity contribution in [1.82, 2.24) is 24.4 Å². The van der Waals surface area contributed by atoms with E-state index >= 15 is 0 Å². The van der Waals surface area contributed by atoms with Crippen LogP contribution in [0.2, 0.25) is 0 Å². The van der Waals surface area contributed by atoms with Gasteiger partial charge in [0.1, 0.15) is 5.82 Å². The molecule has 9 heteroatoms. The fourth-order valence-electron chi connectivity index (χ4n) is 5.14. The lowest BCUT2D eigenvalue weighted by Crippen LogP contribution is -2.40. The van der Waals surface area contributed by atoms with Crippen molar-refractivity contribution in [1.29, 1.82) is 0 Å². The summed E-state index contributed by atoms with van der Waals surface area (Å²) in [7, 11) is 0. The van der Waals surface area contributed by atoms with Gasteiger partial charge in [-0.3, -0.25) is 0 Å². The number of aryl methyl sites for hydroxylation is 1. The highest BCUT2D eigenvalue weighted by atomic mass is 16.5. The maximum atomic E-state index is 12.6. The summed E-state index contributed by atoms with van der Waals surface area (Å²) in [6, 6.07) is 12.2. The molecule has 0 amide bonds. The van der Waals surface area contributed by atoms with Crippen LogP contribution in [0.15, 0.2) is 48.8 Å². The molecule has 1 N–H and O–H groups in total. The molecule has 4 aromatic rings. The number of carboxylic acids is 1. The average molecular weight is 531 g/mol. The minimum absolute atomic E-state index is 0.228. The minimum atomic E-state index is -1.18. The molecule has 0 saturated carbocycles. The number of anilines is 1. The van der Waals surface area contributed by atoms with E-state index in [-0.39, 0.29) is 5.41 Å². The molecule has 0 spiro atoms. The summed E-state index contributed by atoms with van der Waals surface area (Å²) < 4.78 is 9.64. The molecule has 1 aliphatic rings. The largest absolute Gasteiger partial charge is 0.479 e. The molecule has 0 unspecified atom stereocenters. The number of aliphatic carboxylic acids is 1. The zero-order valence-electron chi connectivity index (χ0n) is 23.7. The topological polar surface area (TPSA) is 97.8 Å². The number of fused-ring (bicyclic) bond motifs is 1. The predicted molar refractivity (Wildman–Crippen MR) is 151 cm³/mol. The Morgan fingerprint density at radius 3 is 2.46 bits per heavy atom. The Kier molecular flexibility index (Phi) is 6.97. The third kappa shape index (κ3) is 5.83. The number of benzene rings is 1. The van der Waals surface area contributed by atoms with E-state index in [1.165, 1.54) is 5.56 Å². The Labute approximate surface area is 229 Å². The van der Waals surface area contributed by atoms with Crippen LogP contribution in [0, 0.1) is 12.3 Å². The van der Waals surface area contributed by atoms with E-state index in [2.05, 4.69) is 36.0 Å². The van der Waals surface area contributed by atoms with Crippen LogP contribution in [-0.4, -0.2) is 54.1 Å². The molecule has 0 radical (unpaired) electrons. The van der Waals surface area contributed by atoms with Gasteiger partial charge in [0, 0.05) is 37.5 Å². The number of piperidine rings is 1. The molecule has 0 aliphatic carbocycles. The van der Waals surface area contributed by atoms with Crippen LogP contribution in [0.1, 0.15) is 75.9 Å². The molecule has 3 aromatic heterocycles. The van der Waals surface area contributed by atoms with Gasteiger partial charge in [0.25, 0.3) is 0 Å². The van der Waals surface area contributed by atoms with Crippen molar-refractivity contribution >= 4 is 17.4 Å². The standard InChI is InChI=1S/C30H38N6O3/c1-20-25(26(28(37)38)39-29(2,3)4)27(34-14-12-30(5,6)13-15-34)36-23(32-20)17-24(33-36)35-19-22(18-31-35)16-21-10-8-7-9-11-21/h7-11,17-19,26H,12-16H2,1-6H3,(H,37,38)/t26-/m0/s1. The van der Waals surface area contributed by atoms with E-state index in [1.807, 2.05) is 64.4 Å². The fourth-order valence-corrected chi connectivity index (χ4v) is 5.14. The maximum absolute atomic E-state index is 12.6. The second-order valence-electron chi connectivity index (χ2n) is 12.3. The molecule has 39 heavy (non-hydrogen) atoms. The summed E-state index contributed by atoms with van der Waals surface area (Å²) in [5.41, 5.74) is 3.66. The molecule has 206 valence electrons. The van der Waals surface area contributed by atoms with Crippen molar-refractivity contribution < 1.29 is 14.6 Å². The first-order valence-electron chi connectivity index (χ1n) is 13.5. The van der Waals surface area contributed by atoms with E-state index in [0.717, 1.165) is 43.7 Å². The molecule has 1 aromatic carbocycles. The monoisotopic (exact) mass is 530 g/mol. The number of rotatable bonds is 7. The van der Waals surface area contributed by atoms with E-state index in [1.54, 1.807) is 9.20 Å². The van der Waals surface area contributed by atoms with Crippen molar-refractivity contribution in [3.8, 4) is 5.82 Å². The van der Waals surface area contributed by atoms with Crippen molar-refractivity contribution in [3.05, 3.63) is 71.2 Å². The number of hydrogen-bond donors (Lipinski definition) is 1. The lowest BCUT2D eigenvalue weighted by Gasteiger charge is -2.39. The molecule has 5 rings (SSSR count). The maximum Gasteiger partial charge on any atom is 0.337 e. The molecule has 1 fully saturated rings. The Morgan fingerprint density at radius 1 is 1.13 bits per heavy atom. The van der Waals surface area contributed by atoms with Crippen LogP contribution in [0.5, 0.6) is 0 Å². The third-order valence-corrected chi connectivity index (χ3v) is 7.29. The number of nitrogens with zero attached hydrogens (tertiary/aromatic N) is 6. The van der Waals surface area contributed by atoms with Gasteiger partial charge in [0.05, 0.1) is 17.4 Å². The van der Waals surface area contributed by atoms with Crippen LogP contribution >= 0.6 is 0 Å². The number of carbonyl (C=O) groups is 1. The van der Waals surface area contributed by atoms with E-state index in [9.17, 15) is 9.90 Å². The van der Waals surface area contributed by atoms with E-state index in [4.69, 9.17) is 14.8 Å². The zero-order valence-corrected chi connectivity index (χ0v) is 23.7. The first kappa shape index (κ1) is 26.9. The predicted octanol–water partition coefficient (Wildman–Crippen LogP) is 5.38. The second kappa shape index (κ2) is 10.1. The van der Waals surface area contributed by atoms with Crippen LogP contribution in [-0.2, 0) is 16.0 Å². The van der Waals surface area contributed by atoms with Gasteiger partial charge in [0.15, 0.2) is 17.6 Å². The zero-order chi connectivity index (χ0) is 27.9. The van der Waals surface area contributed by atoms with Gasteiger partial charge in [-0.1, -0.05) is 44.2 Å². The number of carboxylic acid groups (broad SMARTS) is 1. The summed E-state index contributed by atoms with van der Waals surface area (Å²) in [4.78, 5) is 19.6. The third-order valence-electron chi connectivity index (χ3n) is 7.29. The van der Waals surface area contributed by atoms with Gasteiger partial charge in [-0.25, -0.2) is 14.5 Å². The number of ether oxygens (including phenoxy) is 1. The molecule has 1 aliphatic heterocycles. The van der Waals surface area contributed by atoms with E-state index in [0.29, 0.717) is 22.7 Å². The highest BCUT2D eigenvalue weighted by Crippen LogP contribution is 2.38. The van der Waals surface area contributed by atoms with Crippen LogP contribution in [0.25, 0.3) is 11.5 Å². The minimum Gasteiger partial charge on any atom is -0.479 e. The first-order chi connectivity index (χ1) is 18.4. The Balaban J connectivity index is 1.61. The molecule has 0 bridgehead atoms.